The lowest BCUT2D eigenvalue weighted by Gasteiger charge is -1.99. The van der Waals surface area contributed by atoms with Gasteiger partial charge in [-0.05, 0) is 30.7 Å². The van der Waals surface area contributed by atoms with Crippen LogP contribution in [0, 0.1) is 0 Å². The number of benzene rings is 1. The number of hydrogen-bond donors (Lipinski definition) is 0. The molecular weight excluding hydrogens is 228 g/mol. The molecule has 0 aliphatic heterocycles. The van der Waals surface area contributed by atoms with Crippen LogP contribution in [0.4, 0.5) is 0 Å². The van der Waals surface area contributed by atoms with Crippen LogP contribution < -0.4 is 0 Å². The highest BCUT2D eigenvalue weighted by Gasteiger charge is 2.00. The first-order chi connectivity index (χ1) is 7.67. The van der Waals surface area contributed by atoms with E-state index in [0.717, 1.165) is 0 Å². The van der Waals surface area contributed by atoms with Gasteiger partial charge in [0.25, 0.3) is 0 Å². The number of rotatable bonds is 4. The second kappa shape index (κ2) is 6.08. The Morgan fingerprint density at radius 3 is 2.81 bits per heavy atom. The maximum Gasteiger partial charge on any atom is 0.330 e. The van der Waals surface area contributed by atoms with Crippen LogP contribution in [0.15, 0.2) is 24.3 Å². The van der Waals surface area contributed by atoms with Crippen molar-refractivity contribution in [2.45, 2.75) is 6.92 Å². The van der Waals surface area contributed by atoms with Crippen molar-refractivity contribution in [3.05, 3.63) is 40.4 Å². The van der Waals surface area contributed by atoms with Crippen molar-refractivity contribution in [2.24, 2.45) is 0 Å². The van der Waals surface area contributed by atoms with Crippen molar-refractivity contribution in [1.29, 1.82) is 0 Å². The summed E-state index contributed by atoms with van der Waals surface area (Å²) in [6.45, 7) is 2.05. The molecule has 1 rings (SSSR count). The van der Waals surface area contributed by atoms with Gasteiger partial charge in [-0.1, -0.05) is 17.7 Å². The van der Waals surface area contributed by atoms with Crippen molar-refractivity contribution < 1.29 is 14.3 Å². The van der Waals surface area contributed by atoms with Gasteiger partial charge in [0.2, 0.25) is 0 Å². The Kier molecular flexibility index (Phi) is 4.73. The molecule has 0 fully saturated rings. The van der Waals surface area contributed by atoms with Gasteiger partial charge >= 0.3 is 5.97 Å². The van der Waals surface area contributed by atoms with Crippen LogP contribution in [-0.2, 0) is 9.53 Å². The molecule has 0 aliphatic rings. The van der Waals surface area contributed by atoms with Gasteiger partial charge in [-0.3, -0.25) is 4.79 Å². The topological polar surface area (TPSA) is 43.4 Å². The predicted molar refractivity (Wildman–Crippen MR) is 62.5 cm³/mol. The summed E-state index contributed by atoms with van der Waals surface area (Å²) in [5, 5.41) is 0.482. The quantitative estimate of drug-likeness (QED) is 0.460. The van der Waals surface area contributed by atoms with Gasteiger partial charge in [-0.2, -0.15) is 0 Å². The van der Waals surface area contributed by atoms with Crippen molar-refractivity contribution in [1.82, 2.24) is 0 Å². The molecule has 0 aliphatic carbocycles. The first-order valence-electron chi connectivity index (χ1n) is 4.77. The molecule has 0 amide bonds. The second-order valence-corrected chi connectivity index (χ2v) is 3.41. The summed E-state index contributed by atoms with van der Waals surface area (Å²) in [4.78, 5) is 21.8. The summed E-state index contributed by atoms with van der Waals surface area (Å²) in [6.07, 6.45) is 3.49. The normalized spacial score (nSPS) is 10.4. The zero-order valence-corrected chi connectivity index (χ0v) is 9.53. The Bertz CT molecular complexity index is 424. The number of carbonyl (C=O) groups excluding carboxylic acids is 2. The Morgan fingerprint density at radius 2 is 2.19 bits per heavy atom. The molecule has 3 nitrogen and oxygen atoms in total. The predicted octanol–water partition coefficient (Wildman–Crippen LogP) is 2.73. The third-order valence-electron chi connectivity index (χ3n) is 1.86. The van der Waals surface area contributed by atoms with Crippen molar-refractivity contribution >= 4 is 29.9 Å². The number of halogens is 1. The molecule has 0 N–H and O–H groups in total. The Balaban J connectivity index is 2.88. The number of carbonyl (C=O) groups is 2. The SMILES string of the molecule is CCOC(=O)/C=C/c1ccc(Cl)cc1C=O. The van der Waals surface area contributed by atoms with E-state index >= 15 is 0 Å². The molecule has 0 bridgehead atoms. The van der Waals surface area contributed by atoms with E-state index in [1.807, 2.05) is 0 Å². The fourth-order valence-electron chi connectivity index (χ4n) is 1.15. The fraction of sp³-hybridized carbons (Fsp3) is 0.167. The molecule has 0 atom stereocenters. The fourth-order valence-corrected chi connectivity index (χ4v) is 1.33. The number of ether oxygens (including phenoxy) is 1. The summed E-state index contributed by atoms with van der Waals surface area (Å²) >= 11 is 5.73. The van der Waals surface area contributed by atoms with Crippen molar-refractivity contribution in [3.63, 3.8) is 0 Å². The van der Waals surface area contributed by atoms with E-state index in [0.29, 0.717) is 29.0 Å². The van der Waals surface area contributed by atoms with E-state index in [1.54, 1.807) is 25.1 Å². The standard InChI is InChI=1S/C12H11ClO3/c1-2-16-12(15)6-4-9-3-5-11(13)7-10(9)8-14/h3-8H,2H2,1H3/b6-4+. The van der Waals surface area contributed by atoms with Crippen molar-refractivity contribution in [2.75, 3.05) is 6.61 Å². The lowest BCUT2D eigenvalue weighted by atomic mass is 10.1. The lowest BCUT2D eigenvalue weighted by Crippen LogP contribution is -1.98. The largest absolute Gasteiger partial charge is 0.463 e. The average Bonchev–Trinajstić information content (AvgIpc) is 2.27. The number of esters is 1. The smallest absolute Gasteiger partial charge is 0.330 e. The molecule has 16 heavy (non-hydrogen) atoms. The molecule has 1 aromatic carbocycles. The van der Waals surface area contributed by atoms with Crippen LogP contribution in [-0.4, -0.2) is 18.9 Å². The summed E-state index contributed by atoms with van der Waals surface area (Å²) in [5.74, 6) is -0.436. The highest BCUT2D eigenvalue weighted by molar-refractivity contribution is 6.30. The highest BCUT2D eigenvalue weighted by Crippen LogP contribution is 2.15. The first-order valence-corrected chi connectivity index (χ1v) is 5.14. The molecule has 0 heterocycles. The average molecular weight is 239 g/mol. The molecule has 0 unspecified atom stereocenters. The van der Waals surface area contributed by atoms with Gasteiger partial charge in [-0.25, -0.2) is 4.79 Å². The Morgan fingerprint density at radius 1 is 1.44 bits per heavy atom. The van der Waals surface area contributed by atoms with E-state index in [9.17, 15) is 9.59 Å². The first kappa shape index (κ1) is 12.5. The number of aldehydes is 1. The van der Waals surface area contributed by atoms with E-state index in [2.05, 4.69) is 0 Å². The summed E-state index contributed by atoms with van der Waals surface area (Å²) in [6, 6.07) is 4.86. The van der Waals surface area contributed by atoms with Gasteiger partial charge in [0.1, 0.15) is 0 Å². The lowest BCUT2D eigenvalue weighted by molar-refractivity contribution is -0.137. The molecule has 1 aromatic rings. The highest BCUT2D eigenvalue weighted by atomic mass is 35.5. The molecule has 0 saturated carbocycles. The maximum atomic E-state index is 11.1. The third-order valence-corrected chi connectivity index (χ3v) is 2.10. The van der Waals surface area contributed by atoms with Crippen LogP contribution in [0.5, 0.6) is 0 Å². The Hall–Kier alpha value is -1.61. The molecule has 0 spiro atoms. The zero-order chi connectivity index (χ0) is 12.0. The van der Waals surface area contributed by atoms with Crippen LogP contribution >= 0.6 is 11.6 Å². The van der Waals surface area contributed by atoms with Gasteiger partial charge in [0.05, 0.1) is 6.61 Å². The van der Waals surface area contributed by atoms with Gasteiger partial charge < -0.3 is 4.74 Å². The number of hydrogen-bond acceptors (Lipinski definition) is 3. The maximum absolute atomic E-state index is 11.1. The van der Waals surface area contributed by atoms with Gasteiger partial charge in [0, 0.05) is 16.7 Å². The summed E-state index contributed by atoms with van der Waals surface area (Å²) in [7, 11) is 0. The van der Waals surface area contributed by atoms with Gasteiger partial charge in [0.15, 0.2) is 6.29 Å². The van der Waals surface area contributed by atoms with Crippen LogP contribution in [0.1, 0.15) is 22.8 Å². The minimum Gasteiger partial charge on any atom is -0.463 e. The van der Waals surface area contributed by atoms with E-state index < -0.39 is 5.97 Å². The molecule has 0 radical (unpaired) electrons. The van der Waals surface area contributed by atoms with E-state index in [1.165, 1.54) is 12.2 Å². The molecule has 0 saturated heterocycles. The van der Waals surface area contributed by atoms with Gasteiger partial charge in [-0.15, -0.1) is 0 Å². The Labute approximate surface area is 98.7 Å². The van der Waals surface area contributed by atoms with E-state index in [-0.39, 0.29) is 0 Å². The molecule has 84 valence electrons. The van der Waals surface area contributed by atoms with Crippen molar-refractivity contribution in [3.8, 4) is 0 Å². The summed E-state index contributed by atoms with van der Waals surface area (Å²) in [5.41, 5.74) is 1.07. The monoisotopic (exact) mass is 238 g/mol. The molecular formula is C12H11ClO3. The van der Waals surface area contributed by atoms with Crippen LogP contribution in [0.3, 0.4) is 0 Å². The molecule has 4 heteroatoms. The zero-order valence-electron chi connectivity index (χ0n) is 8.77. The third kappa shape index (κ3) is 3.51. The summed E-state index contributed by atoms with van der Waals surface area (Å²) < 4.78 is 4.72. The van der Waals surface area contributed by atoms with E-state index in [4.69, 9.17) is 16.3 Å². The second-order valence-electron chi connectivity index (χ2n) is 2.98. The van der Waals surface area contributed by atoms with Crippen LogP contribution in [0.2, 0.25) is 5.02 Å². The minimum atomic E-state index is -0.436. The molecule has 0 aromatic heterocycles. The minimum absolute atomic E-state index is 0.324. The van der Waals surface area contributed by atoms with Crippen LogP contribution in [0.25, 0.3) is 6.08 Å².